The molecular weight excluding hydrogens is 454 g/mol. The maximum Gasteiger partial charge on any atom is 0.337 e. The van der Waals surface area contributed by atoms with Crippen LogP contribution in [0.4, 0.5) is 0 Å². The first-order valence-electron chi connectivity index (χ1n) is 10.5. The van der Waals surface area contributed by atoms with Gasteiger partial charge in [-0.15, -0.1) is 0 Å². The number of nitrogens with zero attached hydrogens (tertiary/aromatic N) is 1. The first-order chi connectivity index (χ1) is 14.8. The van der Waals surface area contributed by atoms with E-state index in [1.165, 1.54) is 0 Å². The Morgan fingerprint density at radius 3 is 2.32 bits per heavy atom. The van der Waals surface area contributed by atoms with Gasteiger partial charge in [-0.3, -0.25) is 4.98 Å². The lowest BCUT2D eigenvalue weighted by atomic mass is 9.95. The van der Waals surface area contributed by atoms with Gasteiger partial charge in [-0.2, -0.15) is 0 Å². The van der Waals surface area contributed by atoms with Crippen molar-refractivity contribution in [2.75, 3.05) is 0 Å². The van der Waals surface area contributed by atoms with E-state index in [2.05, 4.69) is 43.6 Å². The van der Waals surface area contributed by atoms with Crippen LogP contribution in [0.2, 0.25) is 0 Å². The molecule has 0 aliphatic carbocycles. The maximum atomic E-state index is 12.1. The van der Waals surface area contributed by atoms with E-state index >= 15 is 0 Å². The molecule has 0 unspecified atom stereocenters. The van der Waals surface area contributed by atoms with Crippen molar-refractivity contribution in [1.82, 2.24) is 4.98 Å². The third-order valence-electron chi connectivity index (χ3n) is 5.07. The zero-order valence-electron chi connectivity index (χ0n) is 18.4. The summed E-state index contributed by atoms with van der Waals surface area (Å²) < 4.78 is 7.04. The Hall–Kier alpha value is -2.66. The van der Waals surface area contributed by atoms with Crippen LogP contribution < -0.4 is 4.74 Å². The van der Waals surface area contributed by atoms with Gasteiger partial charge in [-0.1, -0.05) is 74.0 Å². The van der Waals surface area contributed by atoms with Gasteiger partial charge in [0.05, 0.1) is 11.3 Å². The average Bonchev–Trinajstić information content (AvgIpc) is 2.72. The quantitative estimate of drug-likeness (QED) is 0.372. The Morgan fingerprint density at radius 2 is 1.71 bits per heavy atom. The molecule has 4 nitrogen and oxygen atoms in total. The number of halogens is 1. The number of carbonyl (C=O) groups is 1. The standard InChI is InChI=1S/C26H28BrNO3/c1-16(2)13-23-21(18-9-11-19(27)12-10-18)14-22(26(29)30)24(28-23)15-31-25-8-6-5-7-20(25)17(3)4/h5-12,14,16-17H,13,15H2,1-4H3,(H,29,30). The number of ether oxygens (including phenoxy) is 1. The highest BCUT2D eigenvalue weighted by Gasteiger charge is 2.19. The lowest BCUT2D eigenvalue weighted by Crippen LogP contribution is -2.13. The summed E-state index contributed by atoms with van der Waals surface area (Å²) in [5.41, 5.74) is 4.40. The van der Waals surface area contributed by atoms with E-state index in [-0.39, 0.29) is 12.2 Å². The van der Waals surface area contributed by atoms with E-state index < -0.39 is 5.97 Å². The van der Waals surface area contributed by atoms with Crippen LogP contribution in [0.15, 0.2) is 59.1 Å². The normalized spacial score (nSPS) is 11.2. The fourth-order valence-electron chi connectivity index (χ4n) is 3.55. The number of carboxylic acids is 1. The molecule has 0 aliphatic heterocycles. The fourth-order valence-corrected chi connectivity index (χ4v) is 3.81. The molecule has 1 N–H and O–H groups in total. The summed E-state index contributed by atoms with van der Waals surface area (Å²) in [5.74, 6) is 0.447. The highest BCUT2D eigenvalue weighted by Crippen LogP contribution is 2.30. The lowest BCUT2D eigenvalue weighted by molar-refractivity contribution is 0.0693. The second-order valence-electron chi connectivity index (χ2n) is 8.37. The highest BCUT2D eigenvalue weighted by molar-refractivity contribution is 9.10. The van der Waals surface area contributed by atoms with E-state index in [4.69, 9.17) is 9.72 Å². The molecule has 3 rings (SSSR count). The summed E-state index contributed by atoms with van der Waals surface area (Å²) >= 11 is 3.46. The van der Waals surface area contributed by atoms with Crippen LogP contribution >= 0.6 is 15.9 Å². The molecular formula is C26H28BrNO3. The topological polar surface area (TPSA) is 59.4 Å². The maximum absolute atomic E-state index is 12.1. The SMILES string of the molecule is CC(C)Cc1nc(COc2ccccc2C(C)C)c(C(=O)O)cc1-c1ccc(Br)cc1. The van der Waals surface area contributed by atoms with Crippen LogP contribution in [0.25, 0.3) is 11.1 Å². The summed E-state index contributed by atoms with van der Waals surface area (Å²) in [6.07, 6.45) is 0.751. The molecule has 5 heteroatoms. The van der Waals surface area contributed by atoms with Crippen molar-refractivity contribution in [2.45, 2.75) is 46.6 Å². The monoisotopic (exact) mass is 481 g/mol. The van der Waals surface area contributed by atoms with E-state index in [0.29, 0.717) is 17.5 Å². The van der Waals surface area contributed by atoms with Crippen LogP contribution in [-0.2, 0) is 13.0 Å². The molecule has 0 bridgehead atoms. The number of rotatable bonds is 8. The first-order valence-corrected chi connectivity index (χ1v) is 11.3. The molecule has 1 heterocycles. The van der Waals surface area contributed by atoms with Gasteiger partial charge in [-0.05, 0) is 53.6 Å². The van der Waals surface area contributed by atoms with Gasteiger partial charge in [-0.25, -0.2) is 4.79 Å². The zero-order valence-corrected chi connectivity index (χ0v) is 19.9. The summed E-state index contributed by atoms with van der Waals surface area (Å²) in [7, 11) is 0. The zero-order chi connectivity index (χ0) is 22.5. The number of benzene rings is 2. The molecule has 1 aromatic heterocycles. The molecule has 3 aromatic rings. The van der Waals surface area contributed by atoms with Crippen molar-refractivity contribution in [3.8, 4) is 16.9 Å². The largest absolute Gasteiger partial charge is 0.487 e. The number of hydrogen-bond acceptors (Lipinski definition) is 3. The van der Waals surface area contributed by atoms with Crippen LogP contribution in [0.3, 0.4) is 0 Å². The van der Waals surface area contributed by atoms with Gasteiger partial charge >= 0.3 is 5.97 Å². The van der Waals surface area contributed by atoms with Crippen molar-refractivity contribution < 1.29 is 14.6 Å². The Bertz CT molecular complexity index is 1060. The second-order valence-corrected chi connectivity index (χ2v) is 9.28. The van der Waals surface area contributed by atoms with E-state index in [1.54, 1.807) is 6.07 Å². The van der Waals surface area contributed by atoms with Crippen molar-refractivity contribution in [3.63, 3.8) is 0 Å². The van der Waals surface area contributed by atoms with E-state index in [9.17, 15) is 9.90 Å². The Kier molecular flexibility index (Phi) is 7.50. The van der Waals surface area contributed by atoms with Crippen LogP contribution in [0.5, 0.6) is 5.75 Å². The molecule has 0 amide bonds. The van der Waals surface area contributed by atoms with Crippen LogP contribution in [0.1, 0.15) is 60.9 Å². The van der Waals surface area contributed by atoms with Crippen molar-refractivity contribution >= 4 is 21.9 Å². The van der Waals surface area contributed by atoms with E-state index in [0.717, 1.165) is 39.0 Å². The summed E-state index contributed by atoms with van der Waals surface area (Å²) in [6.45, 7) is 8.59. The average molecular weight is 482 g/mol. The molecule has 0 radical (unpaired) electrons. The smallest absolute Gasteiger partial charge is 0.337 e. The predicted molar refractivity (Wildman–Crippen MR) is 128 cm³/mol. The molecule has 0 fully saturated rings. The number of carboxylic acid groups (broad SMARTS) is 1. The van der Waals surface area contributed by atoms with Gasteiger partial charge < -0.3 is 9.84 Å². The third-order valence-corrected chi connectivity index (χ3v) is 5.60. The Labute approximate surface area is 192 Å². The third kappa shape index (κ3) is 5.73. The number of hydrogen-bond donors (Lipinski definition) is 1. The van der Waals surface area contributed by atoms with Crippen molar-refractivity contribution in [2.24, 2.45) is 5.92 Å². The summed E-state index contributed by atoms with van der Waals surface area (Å²) in [6, 6.07) is 17.5. The van der Waals surface area contributed by atoms with Gasteiger partial charge in [0.2, 0.25) is 0 Å². The summed E-state index contributed by atoms with van der Waals surface area (Å²) in [5, 5.41) is 9.89. The molecule has 2 aromatic carbocycles. The number of aromatic nitrogens is 1. The molecule has 0 saturated carbocycles. The molecule has 31 heavy (non-hydrogen) atoms. The van der Waals surface area contributed by atoms with Crippen molar-refractivity contribution in [3.05, 3.63) is 81.6 Å². The van der Waals surface area contributed by atoms with E-state index in [1.807, 2.05) is 48.5 Å². The Balaban J connectivity index is 2.03. The number of aromatic carboxylic acids is 1. The van der Waals surface area contributed by atoms with Crippen LogP contribution in [0, 0.1) is 5.92 Å². The minimum Gasteiger partial charge on any atom is -0.487 e. The lowest BCUT2D eigenvalue weighted by Gasteiger charge is -2.17. The molecule has 0 atom stereocenters. The first kappa shape index (κ1) is 23.0. The molecule has 0 saturated heterocycles. The number of para-hydroxylation sites is 1. The minimum absolute atomic E-state index is 0.108. The molecule has 0 spiro atoms. The molecule has 162 valence electrons. The van der Waals surface area contributed by atoms with Crippen LogP contribution in [-0.4, -0.2) is 16.1 Å². The van der Waals surface area contributed by atoms with Gasteiger partial charge in [0.1, 0.15) is 12.4 Å². The Morgan fingerprint density at radius 1 is 1.03 bits per heavy atom. The van der Waals surface area contributed by atoms with Crippen molar-refractivity contribution in [1.29, 1.82) is 0 Å². The number of pyridine rings is 1. The second kappa shape index (κ2) is 10.1. The fraction of sp³-hybridized carbons (Fsp3) is 0.308. The highest BCUT2D eigenvalue weighted by atomic mass is 79.9. The van der Waals surface area contributed by atoms with Gasteiger partial charge in [0, 0.05) is 15.7 Å². The van der Waals surface area contributed by atoms with Gasteiger partial charge in [0.15, 0.2) is 0 Å². The predicted octanol–water partition coefficient (Wildman–Crippen LogP) is 7.11. The minimum atomic E-state index is -1.00. The summed E-state index contributed by atoms with van der Waals surface area (Å²) in [4.78, 5) is 16.9. The molecule has 0 aliphatic rings. The van der Waals surface area contributed by atoms with Gasteiger partial charge in [0.25, 0.3) is 0 Å².